The zero-order chi connectivity index (χ0) is 15.3. The van der Waals surface area contributed by atoms with Crippen molar-refractivity contribution in [2.24, 2.45) is 0 Å². The Kier molecular flexibility index (Phi) is 1.77. The van der Waals surface area contributed by atoms with E-state index in [0.29, 0.717) is 16.9 Å². The van der Waals surface area contributed by atoms with Gasteiger partial charge in [-0.2, -0.15) is 0 Å². The number of benzene rings is 4. The molecular weight excluding hydrogens is 288 g/mol. The quantitative estimate of drug-likeness (QED) is 0.188. The van der Waals surface area contributed by atoms with Gasteiger partial charge in [-0.05, 0) is 57.6 Å². The van der Waals surface area contributed by atoms with Crippen molar-refractivity contribution in [1.82, 2.24) is 0 Å². The lowest BCUT2D eigenvalue weighted by Gasteiger charge is -2.10. The summed E-state index contributed by atoms with van der Waals surface area (Å²) < 4.78 is 5.46. The summed E-state index contributed by atoms with van der Waals surface area (Å²) >= 11 is 0. The molecule has 6 rings (SSSR count). The van der Waals surface area contributed by atoms with Gasteiger partial charge in [0, 0.05) is 10.8 Å². The van der Waals surface area contributed by atoms with E-state index < -0.39 is 0 Å². The SMILES string of the molecule is Oc1c2c(c3c(ccc4c5c6c(cccc6cc43)CC5)c1O)O2. The van der Waals surface area contributed by atoms with E-state index in [1.165, 1.54) is 27.3 Å². The Bertz CT molecular complexity index is 1200. The minimum atomic E-state index is -0.153. The lowest BCUT2D eigenvalue weighted by molar-refractivity contribution is 0.403. The number of aryl methyl sites for hydroxylation is 2. The van der Waals surface area contributed by atoms with Crippen LogP contribution < -0.4 is 4.74 Å². The minimum Gasteiger partial charge on any atom is -0.504 e. The standard InChI is InChI=1S/C20H12O3/c21-17-13-7-6-11-12-5-4-9-2-1-3-10(15(9)12)8-14(11)16(13)19-20(23-19)18(17)22/h1-3,6-8,21-22H,4-5H2. The molecular formula is C20H12O3. The summed E-state index contributed by atoms with van der Waals surface area (Å²) in [5, 5.41) is 26.7. The van der Waals surface area contributed by atoms with Crippen LogP contribution in [0.3, 0.4) is 0 Å². The van der Waals surface area contributed by atoms with Gasteiger partial charge in [-0.25, -0.2) is 0 Å². The number of hydrogen-bond donors (Lipinski definition) is 2. The predicted molar refractivity (Wildman–Crippen MR) is 89.8 cm³/mol. The fraction of sp³-hybridized carbons (Fsp3) is 0.100. The predicted octanol–water partition coefficient (Wildman–Crippen LogP) is 4.76. The van der Waals surface area contributed by atoms with Crippen LogP contribution in [0.25, 0.3) is 32.3 Å². The summed E-state index contributed by atoms with van der Waals surface area (Å²) in [6, 6.07) is 12.6. The summed E-state index contributed by atoms with van der Waals surface area (Å²) in [4.78, 5) is 0. The zero-order valence-corrected chi connectivity index (χ0v) is 12.2. The summed E-state index contributed by atoms with van der Waals surface area (Å²) in [6.45, 7) is 0. The molecule has 0 unspecified atom stereocenters. The Hall–Kier alpha value is -2.94. The first-order chi connectivity index (χ1) is 11.2. The molecule has 1 aliphatic heterocycles. The molecule has 2 N–H and O–H groups in total. The number of ether oxygens (including phenoxy) is 1. The van der Waals surface area contributed by atoms with Crippen molar-refractivity contribution in [1.29, 1.82) is 0 Å². The van der Waals surface area contributed by atoms with Gasteiger partial charge in [0.1, 0.15) is 0 Å². The highest BCUT2D eigenvalue weighted by molar-refractivity contribution is 6.20. The summed E-state index contributed by atoms with van der Waals surface area (Å²) in [5.74, 6) is 0.859. The third kappa shape index (κ3) is 1.23. The van der Waals surface area contributed by atoms with Gasteiger partial charge < -0.3 is 14.9 Å². The highest BCUT2D eigenvalue weighted by Gasteiger charge is 2.33. The second-order valence-electron chi connectivity index (χ2n) is 6.41. The van der Waals surface area contributed by atoms with Crippen LogP contribution in [0, 0.1) is 0 Å². The number of hydrogen-bond acceptors (Lipinski definition) is 3. The maximum absolute atomic E-state index is 10.3. The molecule has 23 heavy (non-hydrogen) atoms. The molecule has 3 nitrogen and oxygen atoms in total. The van der Waals surface area contributed by atoms with Crippen molar-refractivity contribution in [2.45, 2.75) is 12.8 Å². The molecule has 0 atom stereocenters. The maximum Gasteiger partial charge on any atom is 0.216 e. The fourth-order valence-electron chi connectivity index (χ4n) is 4.23. The van der Waals surface area contributed by atoms with Crippen LogP contribution in [-0.4, -0.2) is 10.2 Å². The van der Waals surface area contributed by atoms with Gasteiger partial charge in [-0.1, -0.05) is 24.3 Å². The van der Waals surface area contributed by atoms with Gasteiger partial charge in [0.2, 0.25) is 11.5 Å². The highest BCUT2D eigenvalue weighted by Crippen LogP contribution is 2.62. The second-order valence-corrected chi connectivity index (χ2v) is 6.41. The summed E-state index contributed by atoms with van der Waals surface area (Å²) in [5.41, 5.74) is 2.80. The van der Waals surface area contributed by atoms with Gasteiger partial charge in [0.05, 0.1) is 0 Å². The van der Waals surface area contributed by atoms with Crippen LogP contribution in [0.1, 0.15) is 11.1 Å². The number of phenols is 2. The lowest BCUT2D eigenvalue weighted by Crippen LogP contribution is -1.85. The van der Waals surface area contributed by atoms with E-state index in [-0.39, 0.29) is 11.5 Å². The molecule has 0 saturated heterocycles. The van der Waals surface area contributed by atoms with Crippen LogP contribution >= 0.6 is 0 Å². The molecule has 110 valence electrons. The zero-order valence-electron chi connectivity index (χ0n) is 12.2. The van der Waals surface area contributed by atoms with Crippen LogP contribution in [0.2, 0.25) is 0 Å². The van der Waals surface area contributed by atoms with E-state index >= 15 is 0 Å². The van der Waals surface area contributed by atoms with E-state index in [1.807, 2.05) is 6.07 Å². The lowest BCUT2D eigenvalue weighted by atomic mass is 9.94. The molecule has 0 aromatic heterocycles. The van der Waals surface area contributed by atoms with Crippen molar-refractivity contribution in [2.75, 3.05) is 0 Å². The van der Waals surface area contributed by atoms with Gasteiger partial charge >= 0.3 is 0 Å². The molecule has 0 fully saturated rings. The number of phenolic OH excluding ortho intramolecular Hbond substituents is 2. The normalized spacial score (nSPS) is 14.4. The molecule has 2 aliphatic rings. The Labute approximate surface area is 131 Å². The van der Waals surface area contributed by atoms with Crippen LogP contribution in [-0.2, 0) is 12.8 Å². The van der Waals surface area contributed by atoms with Crippen molar-refractivity contribution < 1.29 is 14.9 Å². The Balaban J connectivity index is 1.92. The van der Waals surface area contributed by atoms with Gasteiger partial charge in [-0.15, -0.1) is 0 Å². The van der Waals surface area contributed by atoms with E-state index in [1.54, 1.807) is 0 Å². The molecule has 4 aromatic carbocycles. The van der Waals surface area contributed by atoms with Crippen molar-refractivity contribution in [3.8, 4) is 23.0 Å². The molecule has 0 saturated carbocycles. The number of rotatable bonds is 0. The molecule has 0 amide bonds. The van der Waals surface area contributed by atoms with Crippen molar-refractivity contribution in [3.63, 3.8) is 0 Å². The maximum atomic E-state index is 10.3. The first-order valence-electron chi connectivity index (χ1n) is 7.79. The minimum absolute atomic E-state index is 0.0941. The first-order valence-corrected chi connectivity index (χ1v) is 7.79. The van der Waals surface area contributed by atoms with Gasteiger partial charge in [-0.3, -0.25) is 0 Å². The smallest absolute Gasteiger partial charge is 0.216 e. The number of aromatic hydroxyl groups is 2. The first kappa shape index (κ1) is 11.6. The van der Waals surface area contributed by atoms with E-state index in [0.717, 1.165) is 23.6 Å². The van der Waals surface area contributed by atoms with E-state index in [9.17, 15) is 10.2 Å². The van der Waals surface area contributed by atoms with Crippen molar-refractivity contribution >= 4 is 32.3 Å². The second kappa shape index (κ2) is 3.51. The van der Waals surface area contributed by atoms with Gasteiger partial charge in [0.25, 0.3) is 0 Å². The highest BCUT2D eigenvalue weighted by atomic mass is 16.6. The average Bonchev–Trinajstić information content (AvgIpc) is 3.25. The largest absolute Gasteiger partial charge is 0.504 e. The molecule has 0 radical (unpaired) electrons. The monoisotopic (exact) mass is 300 g/mol. The van der Waals surface area contributed by atoms with Crippen LogP contribution in [0.5, 0.6) is 23.0 Å². The van der Waals surface area contributed by atoms with Crippen LogP contribution in [0.4, 0.5) is 0 Å². The third-order valence-electron chi connectivity index (χ3n) is 5.29. The molecule has 1 aliphatic carbocycles. The Morgan fingerprint density at radius 3 is 2.57 bits per heavy atom. The van der Waals surface area contributed by atoms with E-state index in [2.05, 4.69) is 30.3 Å². The molecule has 0 spiro atoms. The summed E-state index contributed by atoms with van der Waals surface area (Å²) in [7, 11) is 0. The molecule has 4 aromatic rings. The Morgan fingerprint density at radius 2 is 1.65 bits per heavy atom. The molecule has 1 heterocycles. The van der Waals surface area contributed by atoms with Crippen LogP contribution in [0.15, 0.2) is 36.4 Å². The average molecular weight is 300 g/mol. The number of fused-ring (bicyclic) bond motifs is 6. The third-order valence-corrected chi connectivity index (χ3v) is 5.29. The fourth-order valence-corrected chi connectivity index (χ4v) is 4.23. The summed E-state index contributed by atoms with van der Waals surface area (Å²) in [6.07, 6.45) is 2.13. The van der Waals surface area contributed by atoms with Crippen molar-refractivity contribution in [3.05, 3.63) is 47.5 Å². The van der Waals surface area contributed by atoms with E-state index in [4.69, 9.17) is 4.74 Å². The topological polar surface area (TPSA) is 53.0 Å². The molecule has 3 heteroatoms. The van der Waals surface area contributed by atoms with Gasteiger partial charge in [0.15, 0.2) is 11.5 Å². The molecule has 0 bridgehead atoms. The Morgan fingerprint density at radius 1 is 0.783 bits per heavy atom.